The number of ether oxygens (including phenoxy) is 1. The molecular formula is C29H33N5O9S. The maximum atomic E-state index is 13.1. The molecule has 15 heteroatoms. The minimum atomic E-state index is -3.58. The zero-order valence-electron chi connectivity index (χ0n) is 23.7. The second-order valence-corrected chi connectivity index (χ2v) is 11.7. The minimum Gasteiger partial charge on any atom is -0.481 e. The molecule has 3 rings (SSSR count). The molecule has 14 nitrogen and oxygen atoms in total. The zero-order valence-corrected chi connectivity index (χ0v) is 24.6. The number of carbonyl (C=O) groups excluding carboxylic acids is 4. The van der Waals surface area contributed by atoms with Crippen molar-refractivity contribution in [3.63, 3.8) is 0 Å². The normalized spacial score (nSPS) is 12.7. The van der Waals surface area contributed by atoms with Crippen molar-refractivity contribution in [3.8, 4) is 0 Å². The molecule has 0 spiro atoms. The van der Waals surface area contributed by atoms with E-state index in [-0.39, 0.29) is 13.0 Å². The van der Waals surface area contributed by atoms with Gasteiger partial charge >= 0.3 is 12.1 Å². The predicted octanol–water partition coefficient (Wildman–Crippen LogP) is 0.756. The van der Waals surface area contributed by atoms with Gasteiger partial charge in [-0.1, -0.05) is 54.6 Å². The molecule has 0 aliphatic heterocycles. The smallest absolute Gasteiger partial charge is 0.407 e. The second-order valence-electron chi connectivity index (χ2n) is 9.75. The first-order valence-corrected chi connectivity index (χ1v) is 15.3. The van der Waals surface area contributed by atoms with E-state index in [0.717, 1.165) is 34.2 Å². The fourth-order valence-electron chi connectivity index (χ4n) is 4.04. The van der Waals surface area contributed by atoms with Crippen LogP contribution in [0.15, 0.2) is 72.3 Å². The van der Waals surface area contributed by atoms with Gasteiger partial charge in [-0.25, -0.2) is 13.2 Å². The number of aliphatic carboxylic acids is 1. The van der Waals surface area contributed by atoms with Gasteiger partial charge in [0.1, 0.15) is 19.2 Å². The molecule has 0 saturated heterocycles. The average Bonchev–Trinajstić information content (AvgIpc) is 3.38. The highest BCUT2D eigenvalue weighted by atomic mass is 32.2. The lowest BCUT2D eigenvalue weighted by atomic mass is 10.0. The van der Waals surface area contributed by atoms with Crippen LogP contribution in [0.2, 0.25) is 0 Å². The van der Waals surface area contributed by atoms with Crippen molar-refractivity contribution in [2.24, 2.45) is 0 Å². The van der Waals surface area contributed by atoms with Gasteiger partial charge in [-0.3, -0.25) is 19.2 Å². The molecule has 3 aromatic rings. The van der Waals surface area contributed by atoms with E-state index in [1.807, 2.05) is 30.3 Å². The Morgan fingerprint density at radius 2 is 1.59 bits per heavy atom. The minimum absolute atomic E-state index is 0.000673. The van der Waals surface area contributed by atoms with E-state index < -0.39 is 71.2 Å². The number of alkyl carbamates (subject to hydrolysis) is 1. The van der Waals surface area contributed by atoms with Crippen LogP contribution in [0.5, 0.6) is 0 Å². The Hall–Kier alpha value is -5.18. The number of benzene rings is 2. The lowest BCUT2D eigenvalue weighted by Gasteiger charge is -2.19. The van der Waals surface area contributed by atoms with Crippen LogP contribution < -0.4 is 21.3 Å². The van der Waals surface area contributed by atoms with Crippen molar-refractivity contribution in [2.45, 2.75) is 31.5 Å². The highest BCUT2D eigenvalue weighted by Crippen LogP contribution is 2.19. The van der Waals surface area contributed by atoms with E-state index in [1.165, 1.54) is 0 Å². The number of hydrogen-bond acceptors (Lipinski definition) is 8. The van der Waals surface area contributed by atoms with Gasteiger partial charge in [-0.2, -0.15) is 0 Å². The highest BCUT2D eigenvalue weighted by Gasteiger charge is 2.24. The number of nitrogens with one attached hydrogen (secondary N) is 5. The van der Waals surface area contributed by atoms with E-state index in [9.17, 15) is 32.4 Å². The summed E-state index contributed by atoms with van der Waals surface area (Å²) in [6.07, 6.45) is 2.23. The third kappa shape index (κ3) is 11.6. The number of sulfone groups is 1. The molecule has 1 heterocycles. The van der Waals surface area contributed by atoms with Crippen LogP contribution in [0.3, 0.4) is 0 Å². The first kappa shape index (κ1) is 33.3. The van der Waals surface area contributed by atoms with Gasteiger partial charge in [-0.05, 0) is 17.2 Å². The monoisotopic (exact) mass is 627 g/mol. The van der Waals surface area contributed by atoms with E-state index in [4.69, 9.17) is 9.84 Å². The highest BCUT2D eigenvalue weighted by molar-refractivity contribution is 7.93. The summed E-state index contributed by atoms with van der Waals surface area (Å²) < 4.78 is 27.9. The van der Waals surface area contributed by atoms with Crippen LogP contribution in [-0.2, 0) is 46.8 Å². The summed E-state index contributed by atoms with van der Waals surface area (Å²) in [5.41, 5.74) is 2.27. The SMILES string of the molecule is CS(=O)(=O)/C=C/[C@H](CC(=O)O)NC(=O)CNC(=O)[C@H](Cc1c[nH]c2ccccc12)NC(=O)CNC(=O)OCc1ccccc1. The molecule has 0 aliphatic rings. The molecule has 6 N–H and O–H groups in total. The van der Waals surface area contributed by atoms with Gasteiger partial charge in [0.2, 0.25) is 17.7 Å². The first-order valence-electron chi connectivity index (χ1n) is 13.4. The molecule has 234 valence electrons. The zero-order chi connectivity index (χ0) is 32.1. The first-order chi connectivity index (χ1) is 20.9. The number of fused-ring (bicyclic) bond motifs is 1. The van der Waals surface area contributed by atoms with Gasteiger partial charge < -0.3 is 36.1 Å². The Balaban J connectivity index is 1.62. The van der Waals surface area contributed by atoms with Crippen molar-refractivity contribution >= 4 is 50.5 Å². The van der Waals surface area contributed by atoms with Gasteiger partial charge in [0.05, 0.1) is 19.0 Å². The number of carboxylic acid groups (broad SMARTS) is 1. The quantitative estimate of drug-likeness (QED) is 0.140. The number of amides is 4. The van der Waals surface area contributed by atoms with Crippen LogP contribution >= 0.6 is 0 Å². The molecule has 0 saturated carbocycles. The van der Waals surface area contributed by atoms with E-state index in [2.05, 4.69) is 26.3 Å². The van der Waals surface area contributed by atoms with Crippen LogP contribution in [0.4, 0.5) is 4.79 Å². The summed E-state index contributed by atoms with van der Waals surface area (Å²) in [6, 6.07) is 13.9. The largest absolute Gasteiger partial charge is 0.481 e. The average molecular weight is 628 g/mol. The number of H-pyrrole nitrogens is 1. The number of rotatable bonds is 15. The third-order valence-corrected chi connectivity index (χ3v) is 6.73. The fourth-order valence-corrected chi connectivity index (χ4v) is 4.52. The van der Waals surface area contributed by atoms with Crippen molar-refractivity contribution in [2.75, 3.05) is 19.3 Å². The summed E-state index contributed by atoms with van der Waals surface area (Å²) in [4.78, 5) is 64.6. The predicted molar refractivity (Wildman–Crippen MR) is 160 cm³/mol. The Bertz CT molecular complexity index is 1620. The second kappa shape index (κ2) is 15.9. The lowest BCUT2D eigenvalue weighted by molar-refractivity contribution is -0.137. The van der Waals surface area contributed by atoms with Crippen LogP contribution in [0.25, 0.3) is 10.9 Å². The van der Waals surface area contributed by atoms with Crippen molar-refractivity contribution in [3.05, 3.63) is 83.4 Å². The van der Waals surface area contributed by atoms with Gasteiger partial charge in [0.15, 0.2) is 9.84 Å². The maximum absolute atomic E-state index is 13.1. The number of carbonyl (C=O) groups is 5. The Morgan fingerprint density at radius 1 is 0.932 bits per heavy atom. The number of para-hydroxylation sites is 1. The number of aromatic nitrogens is 1. The molecule has 4 amide bonds. The molecule has 0 aliphatic carbocycles. The summed E-state index contributed by atoms with van der Waals surface area (Å²) in [5.74, 6) is -3.50. The Morgan fingerprint density at radius 3 is 2.30 bits per heavy atom. The van der Waals surface area contributed by atoms with E-state index in [0.29, 0.717) is 5.56 Å². The molecule has 44 heavy (non-hydrogen) atoms. The van der Waals surface area contributed by atoms with Crippen molar-refractivity contribution in [1.82, 2.24) is 26.3 Å². The van der Waals surface area contributed by atoms with E-state index >= 15 is 0 Å². The topological polar surface area (TPSA) is 213 Å². The standard InChI is InChI=1S/C29H33N5O9S/c1-44(41,42)12-11-21(14-27(37)38)33-25(35)16-31-28(39)24(13-20-15-30-23-10-6-5-9-22(20)23)34-26(36)17-32-29(40)43-18-19-7-3-2-4-8-19/h2-12,15,21,24,30H,13-14,16-18H2,1H3,(H,31,39)(H,32,40)(H,33,35)(H,34,36)(H,37,38)/b12-11+/t21-,24+/m1/s1. The molecule has 2 aromatic carbocycles. The Kier molecular flexibility index (Phi) is 12.0. The van der Waals surface area contributed by atoms with Crippen LogP contribution in [0.1, 0.15) is 17.5 Å². The number of carboxylic acids is 1. The molecule has 1 aromatic heterocycles. The van der Waals surface area contributed by atoms with Crippen molar-refractivity contribution < 1.29 is 42.2 Å². The molecule has 2 atom stereocenters. The maximum Gasteiger partial charge on any atom is 0.407 e. The van der Waals surface area contributed by atoms with Crippen LogP contribution in [-0.4, -0.2) is 79.7 Å². The van der Waals surface area contributed by atoms with Gasteiger partial charge in [0, 0.05) is 35.2 Å². The lowest BCUT2D eigenvalue weighted by Crippen LogP contribution is -2.52. The third-order valence-electron chi connectivity index (χ3n) is 6.08. The number of hydrogen-bond donors (Lipinski definition) is 6. The Labute approximate surface area is 253 Å². The molecule has 0 unspecified atom stereocenters. The molecule has 0 radical (unpaired) electrons. The summed E-state index contributed by atoms with van der Waals surface area (Å²) in [6.45, 7) is -1.08. The molecule has 0 fully saturated rings. The van der Waals surface area contributed by atoms with Crippen LogP contribution in [0, 0.1) is 0 Å². The summed E-state index contributed by atoms with van der Waals surface area (Å²) in [7, 11) is -3.58. The fraction of sp³-hybridized carbons (Fsp3) is 0.276. The summed E-state index contributed by atoms with van der Waals surface area (Å²) in [5, 5.41) is 20.3. The van der Waals surface area contributed by atoms with E-state index in [1.54, 1.807) is 30.5 Å². The van der Waals surface area contributed by atoms with Crippen molar-refractivity contribution in [1.29, 1.82) is 0 Å². The summed E-state index contributed by atoms with van der Waals surface area (Å²) >= 11 is 0. The molecular weight excluding hydrogens is 594 g/mol. The van der Waals surface area contributed by atoms with Gasteiger partial charge in [0.25, 0.3) is 0 Å². The van der Waals surface area contributed by atoms with Gasteiger partial charge in [-0.15, -0.1) is 0 Å². The number of aromatic amines is 1. The molecule has 0 bridgehead atoms.